The molecule has 0 amide bonds. The van der Waals surface area contributed by atoms with Gasteiger partial charge in [0.15, 0.2) is 0 Å². The first-order valence-electron chi connectivity index (χ1n) is 5.25. The van der Waals surface area contributed by atoms with Gasteiger partial charge in [0, 0.05) is 24.1 Å². The molecule has 0 saturated carbocycles. The molecule has 0 aliphatic carbocycles. The van der Waals surface area contributed by atoms with Crippen molar-refractivity contribution < 1.29 is 13.2 Å². The van der Waals surface area contributed by atoms with E-state index >= 15 is 0 Å². The van der Waals surface area contributed by atoms with Gasteiger partial charge >= 0.3 is 0 Å². The topological polar surface area (TPSA) is 70.4 Å². The van der Waals surface area contributed by atoms with Crippen LogP contribution in [0.5, 0.6) is 5.75 Å². The summed E-state index contributed by atoms with van der Waals surface area (Å²) in [6, 6.07) is 4.86. The highest BCUT2D eigenvalue weighted by Gasteiger charge is 2.29. The number of hydrogen-bond donors (Lipinski definition) is 0. The number of rotatable bonds is 3. The van der Waals surface area contributed by atoms with Gasteiger partial charge in [0.05, 0.1) is 12.7 Å². The van der Waals surface area contributed by atoms with Crippen molar-refractivity contribution in [2.45, 2.75) is 11.3 Å². The zero-order valence-electron chi connectivity index (χ0n) is 9.68. The van der Waals surface area contributed by atoms with Crippen molar-refractivity contribution in [3.05, 3.63) is 22.7 Å². The van der Waals surface area contributed by atoms with Crippen molar-refractivity contribution >= 4 is 21.6 Å². The molecule has 5 nitrogen and oxygen atoms in total. The smallest absolute Gasteiger partial charge is 0.247 e. The number of hydrogen-bond acceptors (Lipinski definition) is 4. The molecule has 0 saturated heterocycles. The fourth-order valence-corrected chi connectivity index (χ4v) is 3.35. The summed E-state index contributed by atoms with van der Waals surface area (Å²) in [6.45, 7) is 0.226. The molecule has 0 N–H and O–H groups in total. The number of nitrogens with zero attached hydrogens (tertiary/aromatic N) is 2. The molecule has 0 aromatic heterocycles. The van der Waals surface area contributed by atoms with Gasteiger partial charge in [-0.2, -0.15) is 9.57 Å². The van der Waals surface area contributed by atoms with E-state index in [-0.39, 0.29) is 11.4 Å². The Hall–Kier alpha value is -1.29. The third-order valence-electron chi connectivity index (χ3n) is 2.70. The van der Waals surface area contributed by atoms with E-state index in [0.29, 0.717) is 23.8 Å². The Bertz CT molecular complexity index is 622. The standard InChI is InChI=1S/C11H11ClN2O3S/c1-14(4-3-13)18(15,16)10-7-9(12)6-8-2-5-17-11(8)10/h6-7H,2,4-5H2,1H3. The minimum Gasteiger partial charge on any atom is -0.492 e. The highest BCUT2D eigenvalue weighted by atomic mass is 35.5. The highest BCUT2D eigenvalue weighted by Crippen LogP contribution is 2.36. The first-order valence-corrected chi connectivity index (χ1v) is 7.07. The molecule has 1 aromatic rings. The van der Waals surface area contributed by atoms with Gasteiger partial charge in [-0.25, -0.2) is 8.42 Å². The predicted molar refractivity (Wildman–Crippen MR) is 66.1 cm³/mol. The van der Waals surface area contributed by atoms with Crippen LogP contribution in [0.1, 0.15) is 5.56 Å². The molecular weight excluding hydrogens is 276 g/mol. The average molecular weight is 287 g/mol. The second kappa shape index (κ2) is 4.76. The lowest BCUT2D eigenvalue weighted by Gasteiger charge is -2.16. The maximum absolute atomic E-state index is 12.3. The van der Waals surface area contributed by atoms with Crippen LogP contribution in [0.25, 0.3) is 0 Å². The SMILES string of the molecule is CN(CC#N)S(=O)(=O)c1cc(Cl)cc2c1OCC2. The van der Waals surface area contributed by atoms with Crippen LogP contribution in [0, 0.1) is 11.3 Å². The van der Waals surface area contributed by atoms with Crippen molar-refractivity contribution in [1.82, 2.24) is 4.31 Å². The molecule has 2 rings (SSSR count). The van der Waals surface area contributed by atoms with E-state index in [1.54, 1.807) is 12.1 Å². The van der Waals surface area contributed by atoms with E-state index in [0.717, 1.165) is 9.87 Å². The van der Waals surface area contributed by atoms with Crippen LogP contribution in [0.15, 0.2) is 17.0 Å². The van der Waals surface area contributed by atoms with Gasteiger partial charge in [-0.15, -0.1) is 0 Å². The largest absolute Gasteiger partial charge is 0.492 e. The van der Waals surface area contributed by atoms with Crippen LogP contribution in [0.4, 0.5) is 0 Å². The minimum absolute atomic E-state index is 0.0280. The first kappa shape index (κ1) is 13.1. The third-order valence-corrected chi connectivity index (χ3v) is 4.72. The van der Waals surface area contributed by atoms with Crippen LogP contribution in [0.3, 0.4) is 0 Å². The van der Waals surface area contributed by atoms with E-state index in [4.69, 9.17) is 21.6 Å². The molecule has 1 aliphatic heterocycles. The van der Waals surface area contributed by atoms with E-state index in [9.17, 15) is 8.42 Å². The first-order chi connectivity index (χ1) is 8.46. The summed E-state index contributed by atoms with van der Waals surface area (Å²) in [7, 11) is -2.40. The maximum Gasteiger partial charge on any atom is 0.247 e. The number of halogens is 1. The highest BCUT2D eigenvalue weighted by molar-refractivity contribution is 7.89. The Kier molecular flexibility index (Phi) is 3.48. The summed E-state index contributed by atoms with van der Waals surface area (Å²) in [4.78, 5) is 0.0280. The van der Waals surface area contributed by atoms with Gasteiger partial charge in [0.2, 0.25) is 10.0 Å². The van der Waals surface area contributed by atoms with E-state index < -0.39 is 10.0 Å². The zero-order valence-corrected chi connectivity index (χ0v) is 11.3. The number of ether oxygens (including phenoxy) is 1. The van der Waals surface area contributed by atoms with Gasteiger partial charge in [0.25, 0.3) is 0 Å². The van der Waals surface area contributed by atoms with Gasteiger partial charge < -0.3 is 4.74 Å². The number of nitriles is 1. The molecule has 0 radical (unpaired) electrons. The van der Waals surface area contributed by atoms with Crippen molar-refractivity contribution in [3.63, 3.8) is 0 Å². The van der Waals surface area contributed by atoms with Crippen LogP contribution in [-0.4, -0.2) is 32.9 Å². The molecule has 0 unspecified atom stereocenters. The fourth-order valence-electron chi connectivity index (χ4n) is 1.78. The second-order valence-corrected chi connectivity index (χ2v) is 6.36. The van der Waals surface area contributed by atoms with Gasteiger partial charge in [-0.05, 0) is 12.1 Å². The van der Waals surface area contributed by atoms with E-state index in [2.05, 4.69) is 0 Å². The Morgan fingerprint density at radius 1 is 1.56 bits per heavy atom. The Balaban J connectivity index is 2.56. The van der Waals surface area contributed by atoms with E-state index in [1.807, 2.05) is 0 Å². The zero-order chi connectivity index (χ0) is 13.3. The molecule has 18 heavy (non-hydrogen) atoms. The lowest BCUT2D eigenvalue weighted by atomic mass is 10.2. The number of benzene rings is 1. The lowest BCUT2D eigenvalue weighted by Crippen LogP contribution is -2.27. The van der Waals surface area contributed by atoms with Crippen LogP contribution >= 0.6 is 11.6 Å². The van der Waals surface area contributed by atoms with Crippen molar-refractivity contribution in [3.8, 4) is 11.8 Å². The monoisotopic (exact) mass is 286 g/mol. The molecule has 0 atom stereocenters. The molecule has 0 spiro atoms. The van der Waals surface area contributed by atoms with Gasteiger partial charge in [0.1, 0.15) is 17.2 Å². The maximum atomic E-state index is 12.3. The normalized spacial score (nSPS) is 14.1. The minimum atomic E-state index is -3.75. The van der Waals surface area contributed by atoms with Crippen molar-refractivity contribution in [2.75, 3.05) is 20.2 Å². The second-order valence-electron chi connectivity index (χ2n) is 3.91. The molecule has 7 heteroatoms. The molecular formula is C11H11ClN2O3S. The molecule has 1 aliphatic rings. The summed E-state index contributed by atoms with van der Waals surface area (Å²) in [5, 5.41) is 8.93. The van der Waals surface area contributed by atoms with E-state index in [1.165, 1.54) is 13.1 Å². The molecule has 0 fully saturated rings. The van der Waals surface area contributed by atoms with Gasteiger partial charge in [-0.3, -0.25) is 0 Å². The third kappa shape index (κ3) is 2.17. The van der Waals surface area contributed by atoms with Crippen LogP contribution in [-0.2, 0) is 16.4 Å². The summed E-state index contributed by atoms with van der Waals surface area (Å²) < 4.78 is 30.9. The van der Waals surface area contributed by atoms with Crippen LogP contribution < -0.4 is 4.74 Å². The molecule has 1 heterocycles. The Morgan fingerprint density at radius 2 is 2.28 bits per heavy atom. The van der Waals surface area contributed by atoms with Gasteiger partial charge in [-0.1, -0.05) is 11.6 Å². The summed E-state index contributed by atoms with van der Waals surface area (Å²) in [5.41, 5.74) is 0.784. The Morgan fingerprint density at radius 3 is 2.94 bits per heavy atom. The molecule has 1 aromatic carbocycles. The Labute approximate surface area is 111 Å². The predicted octanol–water partition coefficient (Wildman–Crippen LogP) is 1.42. The van der Waals surface area contributed by atoms with Crippen LogP contribution in [0.2, 0.25) is 5.02 Å². The number of sulfonamides is 1. The quantitative estimate of drug-likeness (QED) is 0.788. The molecule has 96 valence electrons. The summed E-state index contributed by atoms with van der Waals surface area (Å²) in [5.74, 6) is 0.351. The molecule has 0 bridgehead atoms. The average Bonchev–Trinajstić information content (AvgIpc) is 2.75. The number of fused-ring (bicyclic) bond motifs is 1. The fraction of sp³-hybridized carbons (Fsp3) is 0.364. The lowest BCUT2D eigenvalue weighted by molar-refractivity contribution is 0.347. The summed E-state index contributed by atoms with van der Waals surface area (Å²) >= 11 is 5.91. The van der Waals surface area contributed by atoms with Crippen molar-refractivity contribution in [1.29, 1.82) is 5.26 Å². The summed E-state index contributed by atoms with van der Waals surface area (Å²) in [6.07, 6.45) is 0.639. The van der Waals surface area contributed by atoms with Crippen molar-refractivity contribution in [2.24, 2.45) is 0 Å².